The average Bonchev–Trinajstić information content (AvgIpc) is 3.79. The van der Waals surface area contributed by atoms with Crippen LogP contribution in [0.4, 0.5) is 10.2 Å². The predicted molar refractivity (Wildman–Crippen MR) is 173 cm³/mol. The zero-order chi connectivity index (χ0) is 31.4. The van der Waals surface area contributed by atoms with Gasteiger partial charge in [-0.1, -0.05) is 30.3 Å². The van der Waals surface area contributed by atoms with Gasteiger partial charge >= 0.3 is 6.01 Å². The van der Waals surface area contributed by atoms with Crippen molar-refractivity contribution in [1.29, 1.82) is 0 Å². The number of phenolic OH excluding ortho intramolecular Hbond substituents is 1. The average molecular weight is 622 g/mol. The van der Waals surface area contributed by atoms with Gasteiger partial charge in [-0.15, -0.1) is 0 Å². The summed E-state index contributed by atoms with van der Waals surface area (Å²) in [5, 5.41) is 19.7. The van der Waals surface area contributed by atoms with Crippen LogP contribution in [0.25, 0.3) is 32.8 Å². The number of amides is 1. The lowest BCUT2D eigenvalue weighted by Crippen LogP contribution is -2.56. The van der Waals surface area contributed by atoms with Crippen LogP contribution in [0.5, 0.6) is 11.8 Å². The van der Waals surface area contributed by atoms with Crippen molar-refractivity contribution in [2.75, 3.05) is 38.2 Å². The van der Waals surface area contributed by atoms with Gasteiger partial charge in [0.15, 0.2) is 5.82 Å². The maximum Gasteiger partial charge on any atom is 0.319 e. The third kappa shape index (κ3) is 5.08. The van der Waals surface area contributed by atoms with Crippen LogP contribution in [0.3, 0.4) is 0 Å². The molecule has 8 rings (SSSR count). The van der Waals surface area contributed by atoms with Gasteiger partial charge in [0.05, 0.1) is 12.1 Å². The van der Waals surface area contributed by atoms with Gasteiger partial charge in [-0.3, -0.25) is 9.89 Å². The number of aromatic nitrogens is 4. The number of aromatic amines is 1. The predicted octanol–water partition coefficient (Wildman–Crippen LogP) is 4.91. The first-order valence-electron chi connectivity index (χ1n) is 16.0. The first kappa shape index (κ1) is 28.7. The van der Waals surface area contributed by atoms with Gasteiger partial charge in [0.1, 0.15) is 23.7 Å². The third-order valence-electron chi connectivity index (χ3n) is 9.94. The molecular formula is C35H36FN7O3. The molecule has 2 bridgehead atoms. The monoisotopic (exact) mass is 621 g/mol. The Bertz CT molecular complexity index is 1920. The molecule has 3 fully saturated rings. The number of nitrogens with one attached hydrogen (secondary N) is 1. The Kier molecular flexibility index (Phi) is 7.20. The van der Waals surface area contributed by atoms with Crippen molar-refractivity contribution in [1.82, 2.24) is 30.0 Å². The summed E-state index contributed by atoms with van der Waals surface area (Å²) in [6, 6.07) is 16.8. The summed E-state index contributed by atoms with van der Waals surface area (Å²) >= 11 is 0. The molecule has 10 nitrogen and oxygen atoms in total. The standard InChI is InChI=1S/C35H36FN7O3/c1-41-14-4-6-25(41)20-46-35-38-33-29(11-10-28(32(33)36)30-17-26(44)15-21-5-2-3-7-27(21)30)34(39-35)42-18-23-8-9-24(19-42)43(23)31(45)16-22-12-13-37-40-22/h2-3,5,7,10-13,15,17,23-25,44H,4,6,8-9,14,16,18-20H2,1H3,(H,37,40)/t23-,24+,25-/m0/s1. The molecule has 5 heterocycles. The largest absolute Gasteiger partial charge is 0.508 e. The first-order chi connectivity index (χ1) is 22.4. The number of carbonyl (C=O) groups is 1. The fraction of sp³-hybridized carbons (Fsp3) is 0.371. The van der Waals surface area contributed by atoms with E-state index < -0.39 is 5.82 Å². The van der Waals surface area contributed by atoms with Crippen LogP contribution < -0.4 is 9.64 Å². The van der Waals surface area contributed by atoms with Crippen LogP contribution >= 0.6 is 0 Å². The second-order valence-electron chi connectivity index (χ2n) is 12.8. The quantitative estimate of drug-likeness (QED) is 0.264. The van der Waals surface area contributed by atoms with E-state index in [1.165, 1.54) is 0 Å². The Labute approximate surface area is 265 Å². The van der Waals surface area contributed by atoms with Gasteiger partial charge in [-0.05, 0) is 79.9 Å². The number of rotatable bonds is 7. The van der Waals surface area contributed by atoms with E-state index in [-0.39, 0.29) is 47.7 Å². The first-order valence-corrected chi connectivity index (χ1v) is 16.0. The molecule has 0 aliphatic carbocycles. The fourth-order valence-electron chi connectivity index (χ4n) is 7.64. The molecule has 3 aliphatic rings. The number of hydrogen-bond acceptors (Lipinski definition) is 8. The molecule has 0 saturated carbocycles. The topological polar surface area (TPSA) is 111 Å². The zero-order valence-corrected chi connectivity index (χ0v) is 25.7. The Morgan fingerprint density at radius 3 is 2.61 bits per heavy atom. The molecule has 11 heteroatoms. The molecule has 3 atom stereocenters. The van der Waals surface area contributed by atoms with E-state index in [1.54, 1.807) is 24.4 Å². The maximum absolute atomic E-state index is 16.7. The molecule has 46 heavy (non-hydrogen) atoms. The number of phenols is 1. The number of nitrogens with zero attached hydrogens (tertiary/aromatic N) is 6. The van der Waals surface area contributed by atoms with E-state index in [1.807, 2.05) is 41.3 Å². The lowest BCUT2D eigenvalue weighted by molar-refractivity contribution is -0.133. The minimum atomic E-state index is -0.490. The summed E-state index contributed by atoms with van der Waals surface area (Å²) in [7, 11) is 2.09. The summed E-state index contributed by atoms with van der Waals surface area (Å²) in [5.41, 5.74) is 1.84. The number of benzene rings is 3. The molecule has 3 aliphatic heterocycles. The molecular weight excluding hydrogens is 585 g/mol. The zero-order valence-electron chi connectivity index (χ0n) is 25.7. The van der Waals surface area contributed by atoms with Gasteiger partial charge in [0.25, 0.3) is 0 Å². The van der Waals surface area contributed by atoms with Crippen LogP contribution in [0.2, 0.25) is 0 Å². The number of ether oxygens (including phenoxy) is 1. The van der Waals surface area contributed by atoms with E-state index in [4.69, 9.17) is 9.72 Å². The summed E-state index contributed by atoms with van der Waals surface area (Å²) in [4.78, 5) is 29.4. The van der Waals surface area contributed by atoms with Gasteiger partial charge in [0.2, 0.25) is 5.91 Å². The van der Waals surface area contributed by atoms with Crippen molar-refractivity contribution in [3.05, 3.63) is 72.3 Å². The van der Waals surface area contributed by atoms with E-state index in [0.29, 0.717) is 42.0 Å². The molecule has 0 unspecified atom stereocenters. The highest BCUT2D eigenvalue weighted by Crippen LogP contribution is 2.40. The van der Waals surface area contributed by atoms with Crippen molar-refractivity contribution in [2.45, 2.75) is 50.2 Å². The number of aromatic hydroxyl groups is 1. The Morgan fingerprint density at radius 1 is 1.02 bits per heavy atom. The van der Waals surface area contributed by atoms with Crippen molar-refractivity contribution < 1.29 is 19.0 Å². The summed E-state index contributed by atoms with van der Waals surface area (Å²) in [6.07, 6.45) is 5.92. The smallest absolute Gasteiger partial charge is 0.319 e. The van der Waals surface area contributed by atoms with E-state index in [9.17, 15) is 9.90 Å². The Balaban J connectivity index is 1.18. The number of likely N-dealkylation sites (N-methyl/N-ethyl adjacent to an activating group) is 1. The molecule has 0 radical (unpaired) electrons. The number of anilines is 1. The molecule has 3 aromatic carbocycles. The molecule has 3 saturated heterocycles. The number of H-pyrrole nitrogens is 1. The highest BCUT2D eigenvalue weighted by molar-refractivity contribution is 6.01. The van der Waals surface area contributed by atoms with Gasteiger partial charge < -0.3 is 24.5 Å². The SMILES string of the molecule is CN1CCC[C@H]1COc1nc(N2C[C@H]3CC[C@@H](C2)N3C(=O)Cc2cc[nH]n2)c2ccc(-c3cc(O)cc4ccccc34)c(F)c2n1. The second-order valence-corrected chi connectivity index (χ2v) is 12.8. The van der Waals surface area contributed by atoms with Crippen molar-refractivity contribution in [3.63, 3.8) is 0 Å². The number of likely N-dealkylation sites (tertiary alicyclic amines) is 1. The van der Waals surface area contributed by atoms with Crippen LogP contribution in [-0.4, -0.2) is 92.4 Å². The number of carbonyl (C=O) groups excluding carboxylic acids is 1. The van der Waals surface area contributed by atoms with Gasteiger partial charge in [-0.25, -0.2) is 4.39 Å². The number of hydrogen-bond donors (Lipinski definition) is 2. The van der Waals surface area contributed by atoms with Crippen molar-refractivity contribution in [3.8, 4) is 22.9 Å². The van der Waals surface area contributed by atoms with Crippen LogP contribution in [0.15, 0.2) is 60.8 Å². The summed E-state index contributed by atoms with van der Waals surface area (Å²) in [5.74, 6) is 0.264. The van der Waals surface area contributed by atoms with E-state index in [0.717, 1.165) is 48.7 Å². The summed E-state index contributed by atoms with van der Waals surface area (Å²) in [6.45, 7) is 2.60. The second kappa shape index (κ2) is 11.5. The fourth-order valence-corrected chi connectivity index (χ4v) is 7.64. The Hall–Kier alpha value is -4.77. The number of halogens is 1. The van der Waals surface area contributed by atoms with Crippen molar-refractivity contribution >= 4 is 33.4 Å². The minimum Gasteiger partial charge on any atom is -0.508 e. The lowest BCUT2D eigenvalue weighted by atomic mass is 9.96. The van der Waals surface area contributed by atoms with Gasteiger partial charge in [-0.2, -0.15) is 15.1 Å². The third-order valence-corrected chi connectivity index (χ3v) is 9.94. The lowest BCUT2D eigenvalue weighted by Gasteiger charge is -2.42. The number of piperazine rings is 1. The molecule has 0 spiro atoms. The van der Waals surface area contributed by atoms with Gasteiger partial charge in [0, 0.05) is 48.4 Å². The highest BCUT2D eigenvalue weighted by atomic mass is 19.1. The number of fused-ring (bicyclic) bond motifs is 4. The van der Waals surface area contributed by atoms with E-state index >= 15 is 4.39 Å². The summed E-state index contributed by atoms with van der Waals surface area (Å²) < 4.78 is 22.9. The minimum absolute atomic E-state index is 0.0227. The van der Waals surface area contributed by atoms with Crippen LogP contribution in [-0.2, 0) is 11.2 Å². The van der Waals surface area contributed by atoms with Crippen LogP contribution in [0.1, 0.15) is 31.4 Å². The highest BCUT2D eigenvalue weighted by Gasteiger charge is 2.43. The van der Waals surface area contributed by atoms with Crippen molar-refractivity contribution in [2.24, 2.45) is 0 Å². The maximum atomic E-state index is 16.7. The molecule has 236 valence electrons. The molecule has 5 aromatic rings. The normalized spacial score (nSPS) is 21.5. The van der Waals surface area contributed by atoms with E-state index in [2.05, 4.69) is 32.0 Å². The molecule has 2 aromatic heterocycles. The van der Waals surface area contributed by atoms with Crippen LogP contribution in [0, 0.1) is 5.82 Å². The molecule has 1 amide bonds. The Morgan fingerprint density at radius 2 is 1.85 bits per heavy atom. The molecule has 2 N–H and O–H groups in total.